The summed E-state index contributed by atoms with van der Waals surface area (Å²) in [6, 6.07) is 7.47. The second kappa shape index (κ2) is 5.81. The van der Waals surface area contributed by atoms with Gasteiger partial charge in [0, 0.05) is 24.6 Å². The van der Waals surface area contributed by atoms with Gasteiger partial charge in [0.2, 0.25) is 5.91 Å². The fourth-order valence-corrected chi connectivity index (χ4v) is 1.74. The summed E-state index contributed by atoms with van der Waals surface area (Å²) >= 11 is 0. The summed E-state index contributed by atoms with van der Waals surface area (Å²) in [5.74, 6) is 0.157. The Labute approximate surface area is 111 Å². The highest BCUT2D eigenvalue weighted by Crippen LogP contribution is 2.17. The van der Waals surface area contributed by atoms with Crippen LogP contribution < -0.4 is 16.4 Å². The maximum Gasteiger partial charge on any atom is 0.237 e. The lowest BCUT2D eigenvalue weighted by atomic mass is 10.1. The number of hydrogen-bond donors (Lipinski definition) is 2. The van der Waals surface area contributed by atoms with Crippen molar-refractivity contribution in [2.45, 2.75) is 6.54 Å². The van der Waals surface area contributed by atoms with Crippen molar-refractivity contribution in [3.05, 3.63) is 48.4 Å². The van der Waals surface area contributed by atoms with E-state index in [9.17, 15) is 4.79 Å². The SMILES string of the molecule is NC(=O)CN(Cc1ccccc1N)c1cnccn1. The Bertz CT molecular complexity index is 558. The van der Waals surface area contributed by atoms with E-state index in [-0.39, 0.29) is 6.54 Å². The van der Waals surface area contributed by atoms with Crippen LogP contribution in [0.25, 0.3) is 0 Å². The lowest BCUT2D eigenvalue weighted by Crippen LogP contribution is -2.34. The number of aromatic nitrogens is 2. The number of anilines is 2. The molecule has 6 nitrogen and oxygen atoms in total. The van der Waals surface area contributed by atoms with Crippen molar-refractivity contribution in [1.82, 2.24) is 9.97 Å². The molecular weight excluding hydrogens is 242 g/mol. The third-order valence-electron chi connectivity index (χ3n) is 2.64. The molecule has 1 aromatic heterocycles. The van der Waals surface area contributed by atoms with Gasteiger partial charge in [-0.15, -0.1) is 0 Å². The van der Waals surface area contributed by atoms with E-state index < -0.39 is 5.91 Å². The number of para-hydroxylation sites is 1. The number of nitrogens with zero attached hydrogens (tertiary/aromatic N) is 3. The minimum atomic E-state index is -0.430. The van der Waals surface area contributed by atoms with Gasteiger partial charge in [0.1, 0.15) is 5.82 Å². The molecule has 4 N–H and O–H groups in total. The molecule has 0 saturated carbocycles. The third-order valence-corrected chi connectivity index (χ3v) is 2.64. The third kappa shape index (κ3) is 3.41. The van der Waals surface area contributed by atoms with Gasteiger partial charge in [-0.25, -0.2) is 4.98 Å². The Balaban J connectivity index is 2.24. The van der Waals surface area contributed by atoms with Gasteiger partial charge in [-0.3, -0.25) is 9.78 Å². The molecule has 0 unspecified atom stereocenters. The number of nitrogen functional groups attached to an aromatic ring is 1. The molecule has 19 heavy (non-hydrogen) atoms. The fraction of sp³-hybridized carbons (Fsp3) is 0.154. The molecule has 0 spiro atoms. The number of amides is 1. The molecule has 0 atom stereocenters. The second-order valence-corrected chi connectivity index (χ2v) is 4.08. The summed E-state index contributed by atoms with van der Waals surface area (Å²) in [4.78, 5) is 21.1. The first-order chi connectivity index (χ1) is 9.16. The minimum absolute atomic E-state index is 0.0625. The molecule has 0 bridgehead atoms. The van der Waals surface area contributed by atoms with Gasteiger partial charge in [0.25, 0.3) is 0 Å². The van der Waals surface area contributed by atoms with Crippen LogP contribution in [0.15, 0.2) is 42.9 Å². The average molecular weight is 257 g/mol. The summed E-state index contributed by atoms with van der Waals surface area (Å²) in [7, 11) is 0. The molecule has 1 amide bonds. The first-order valence-corrected chi connectivity index (χ1v) is 5.79. The molecule has 0 saturated heterocycles. The van der Waals surface area contributed by atoms with Gasteiger partial charge < -0.3 is 16.4 Å². The van der Waals surface area contributed by atoms with Crippen molar-refractivity contribution in [1.29, 1.82) is 0 Å². The van der Waals surface area contributed by atoms with E-state index in [1.165, 1.54) is 0 Å². The quantitative estimate of drug-likeness (QED) is 0.762. The second-order valence-electron chi connectivity index (χ2n) is 4.08. The summed E-state index contributed by atoms with van der Waals surface area (Å²) in [5.41, 5.74) is 12.7. The van der Waals surface area contributed by atoms with E-state index in [2.05, 4.69) is 9.97 Å². The van der Waals surface area contributed by atoms with E-state index in [0.717, 1.165) is 5.56 Å². The van der Waals surface area contributed by atoms with Crippen LogP contribution in [-0.2, 0) is 11.3 Å². The summed E-state index contributed by atoms with van der Waals surface area (Å²) in [6.45, 7) is 0.515. The van der Waals surface area contributed by atoms with E-state index in [1.807, 2.05) is 24.3 Å². The van der Waals surface area contributed by atoms with Crippen LogP contribution in [0.4, 0.5) is 11.5 Å². The Morgan fingerprint density at radius 3 is 2.68 bits per heavy atom. The fourth-order valence-electron chi connectivity index (χ4n) is 1.74. The summed E-state index contributed by atoms with van der Waals surface area (Å²) in [5, 5.41) is 0. The van der Waals surface area contributed by atoms with Crippen molar-refractivity contribution in [3.8, 4) is 0 Å². The molecule has 6 heteroatoms. The van der Waals surface area contributed by atoms with Gasteiger partial charge in [-0.2, -0.15) is 0 Å². The molecule has 2 rings (SSSR count). The van der Waals surface area contributed by atoms with E-state index in [1.54, 1.807) is 23.5 Å². The van der Waals surface area contributed by atoms with Crippen molar-refractivity contribution in [2.75, 3.05) is 17.2 Å². The minimum Gasteiger partial charge on any atom is -0.398 e. The summed E-state index contributed by atoms with van der Waals surface area (Å²) in [6.07, 6.45) is 4.72. The van der Waals surface area contributed by atoms with Crippen LogP contribution in [0, 0.1) is 0 Å². The molecule has 98 valence electrons. The normalized spacial score (nSPS) is 10.1. The van der Waals surface area contributed by atoms with E-state index in [4.69, 9.17) is 11.5 Å². The first kappa shape index (κ1) is 12.8. The molecule has 0 aliphatic carbocycles. The first-order valence-electron chi connectivity index (χ1n) is 5.79. The number of primary amides is 1. The predicted octanol–water partition coefficient (Wildman–Crippen LogP) is 0.551. The molecule has 0 aliphatic rings. The van der Waals surface area contributed by atoms with Crippen molar-refractivity contribution >= 4 is 17.4 Å². The van der Waals surface area contributed by atoms with Crippen LogP contribution in [0.1, 0.15) is 5.56 Å². The lowest BCUT2D eigenvalue weighted by Gasteiger charge is -2.22. The highest BCUT2D eigenvalue weighted by molar-refractivity contribution is 5.79. The molecule has 1 aromatic carbocycles. The number of carbonyl (C=O) groups is 1. The molecular formula is C13H15N5O. The Hall–Kier alpha value is -2.63. The predicted molar refractivity (Wildman–Crippen MR) is 73.1 cm³/mol. The Morgan fingerprint density at radius 1 is 1.26 bits per heavy atom. The molecule has 0 aliphatic heterocycles. The molecule has 2 aromatic rings. The van der Waals surface area contributed by atoms with Gasteiger partial charge in [0.05, 0.1) is 12.7 Å². The summed E-state index contributed by atoms with van der Waals surface area (Å²) < 4.78 is 0. The highest BCUT2D eigenvalue weighted by Gasteiger charge is 2.12. The Kier molecular flexibility index (Phi) is 3.92. The maximum atomic E-state index is 11.2. The molecule has 1 heterocycles. The van der Waals surface area contributed by atoms with Crippen LogP contribution in [0.5, 0.6) is 0 Å². The van der Waals surface area contributed by atoms with Crippen molar-refractivity contribution in [2.24, 2.45) is 5.73 Å². The zero-order valence-electron chi connectivity index (χ0n) is 10.4. The highest BCUT2D eigenvalue weighted by atomic mass is 16.1. The molecule has 0 fully saturated rings. The molecule has 0 radical (unpaired) electrons. The van der Waals surface area contributed by atoms with Gasteiger partial charge in [-0.05, 0) is 11.6 Å². The largest absolute Gasteiger partial charge is 0.398 e. The number of rotatable bonds is 5. The maximum absolute atomic E-state index is 11.2. The number of benzene rings is 1. The van der Waals surface area contributed by atoms with Gasteiger partial charge in [-0.1, -0.05) is 18.2 Å². The van der Waals surface area contributed by atoms with E-state index in [0.29, 0.717) is 18.1 Å². The van der Waals surface area contributed by atoms with Crippen molar-refractivity contribution < 1.29 is 4.79 Å². The number of carbonyl (C=O) groups excluding carboxylic acids is 1. The monoisotopic (exact) mass is 257 g/mol. The van der Waals surface area contributed by atoms with Crippen LogP contribution in [0.2, 0.25) is 0 Å². The van der Waals surface area contributed by atoms with Crippen LogP contribution in [-0.4, -0.2) is 22.4 Å². The smallest absolute Gasteiger partial charge is 0.237 e. The van der Waals surface area contributed by atoms with Crippen molar-refractivity contribution in [3.63, 3.8) is 0 Å². The number of nitrogens with two attached hydrogens (primary N) is 2. The van der Waals surface area contributed by atoms with Crippen LogP contribution in [0.3, 0.4) is 0 Å². The van der Waals surface area contributed by atoms with Gasteiger partial charge >= 0.3 is 0 Å². The van der Waals surface area contributed by atoms with E-state index >= 15 is 0 Å². The Morgan fingerprint density at radius 2 is 2.05 bits per heavy atom. The topological polar surface area (TPSA) is 98.1 Å². The number of hydrogen-bond acceptors (Lipinski definition) is 5. The zero-order valence-corrected chi connectivity index (χ0v) is 10.4. The standard InChI is InChI=1S/C13H15N5O/c14-11-4-2-1-3-10(11)8-18(9-12(15)19)13-7-16-5-6-17-13/h1-7H,8-9,14H2,(H2,15,19). The van der Waals surface area contributed by atoms with Crippen LogP contribution >= 0.6 is 0 Å². The zero-order chi connectivity index (χ0) is 13.7. The van der Waals surface area contributed by atoms with Gasteiger partial charge in [0.15, 0.2) is 0 Å². The average Bonchev–Trinajstić information content (AvgIpc) is 2.41. The lowest BCUT2D eigenvalue weighted by molar-refractivity contribution is -0.116.